The lowest BCUT2D eigenvalue weighted by Crippen LogP contribution is -2.53. The lowest BCUT2D eigenvalue weighted by atomic mass is 10.1. The van der Waals surface area contributed by atoms with Crippen LogP contribution >= 0.6 is 0 Å². The number of imide groups is 1. The van der Waals surface area contributed by atoms with Crippen molar-refractivity contribution >= 4 is 11.9 Å². The minimum absolute atomic E-state index is 0.102. The Bertz CT molecular complexity index is 417. The van der Waals surface area contributed by atoms with Crippen molar-refractivity contribution in [2.45, 2.75) is 25.8 Å². The number of benzene rings is 1. The highest BCUT2D eigenvalue weighted by atomic mass is 16.2. The predicted octanol–water partition coefficient (Wildman–Crippen LogP) is 1.56. The maximum absolute atomic E-state index is 11.6. The molecule has 1 aliphatic heterocycles. The van der Waals surface area contributed by atoms with Crippen LogP contribution in [0.15, 0.2) is 30.3 Å². The number of urea groups is 1. The van der Waals surface area contributed by atoms with Crippen LogP contribution in [0.25, 0.3) is 0 Å². The van der Waals surface area contributed by atoms with Crippen LogP contribution in [0.3, 0.4) is 0 Å². The molecule has 0 bridgehead atoms. The second-order valence-electron chi connectivity index (χ2n) is 4.34. The molecule has 17 heavy (non-hydrogen) atoms. The number of hydrogen-bond acceptors (Lipinski definition) is 2. The fourth-order valence-electron chi connectivity index (χ4n) is 2.06. The van der Waals surface area contributed by atoms with Crippen LogP contribution in [-0.2, 0) is 11.2 Å². The molecule has 1 aromatic rings. The zero-order valence-corrected chi connectivity index (χ0v) is 9.85. The zero-order chi connectivity index (χ0) is 12.3. The van der Waals surface area contributed by atoms with Gasteiger partial charge in [0.2, 0.25) is 5.91 Å². The van der Waals surface area contributed by atoms with E-state index in [1.54, 1.807) is 4.90 Å². The summed E-state index contributed by atoms with van der Waals surface area (Å²) in [6.45, 7) is 2.51. The number of nitrogens with zero attached hydrogens (tertiary/aromatic N) is 1. The Morgan fingerprint density at radius 1 is 1.29 bits per heavy atom. The summed E-state index contributed by atoms with van der Waals surface area (Å²) in [5.41, 5.74) is 1.20. The molecule has 3 amide bonds. The number of rotatable bonds is 3. The third kappa shape index (κ3) is 2.84. The van der Waals surface area contributed by atoms with Gasteiger partial charge in [0.1, 0.15) is 0 Å². The summed E-state index contributed by atoms with van der Waals surface area (Å²) < 4.78 is 0. The first-order chi connectivity index (χ1) is 8.16. The van der Waals surface area contributed by atoms with Crippen LogP contribution in [0.4, 0.5) is 4.79 Å². The van der Waals surface area contributed by atoms with E-state index in [4.69, 9.17) is 0 Å². The molecule has 4 nitrogen and oxygen atoms in total. The van der Waals surface area contributed by atoms with Gasteiger partial charge < -0.3 is 4.90 Å². The molecule has 1 saturated heterocycles. The Kier molecular flexibility index (Phi) is 3.42. The number of nitrogens with one attached hydrogen (secondary N) is 1. The van der Waals surface area contributed by atoms with E-state index in [0.29, 0.717) is 13.0 Å². The van der Waals surface area contributed by atoms with E-state index in [0.717, 1.165) is 6.42 Å². The van der Waals surface area contributed by atoms with Crippen LogP contribution in [0, 0.1) is 0 Å². The monoisotopic (exact) mass is 232 g/mol. The number of carbonyl (C=O) groups excluding carboxylic acids is 2. The van der Waals surface area contributed by atoms with Crippen molar-refractivity contribution in [2.24, 2.45) is 0 Å². The highest BCUT2D eigenvalue weighted by Crippen LogP contribution is 2.11. The van der Waals surface area contributed by atoms with Crippen molar-refractivity contribution in [3.63, 3.8) is 0 Å². The number of hydrogen-bond donors (Lipinski definition) is 1. The van der Waals surface area contributed by atoms with Crippen molar-refractivity contribution in [1.29, 1.82) is 0 Å². The van der Waals surface area contributed by atoms with E-state index in [9.17, 15) is 9.59 Å². The molecule has 1 aromatic carbocycles. The third-order valence-corrected chi connectivity index (χ3v) is 2.99. The van der Waals surface area contributed by atoms with Crippen LogP contribution in [0.5, 0.6) is 0 Å². The molecule has 0 radical (unpaired) electrons. The van der Waals surface area contributed by atoms with Crippen LogP contribution in [-0.4, -0.2) is 29.4 Å². The van der Waals surface area contributed by atoms with Gasteiger partial charge in [-0.2, -0.15) is 0 Å². The van der Waals surface area contributed by atoms with Crippen molar-refractivity contribution in [2.75, 3.05) is 6.54 Å². The van der Waals surface area contributed by atoms with Gasteiger partial charge in [-0.25, -0.2) is 4.79 Å². The van der Waals surface area contributed by atoms with E-state index in [1.807, 2.05) is 37.3 Å². The molecule has 90 valence electrons. The molecule has 0 saturated carbocycles. The normalized spacial score (nSPS) is 17.8. The lowest BCUT2D eigenvalue weighted by molar-refractivity contribution is -0.121. The smallest absolute Gasteiger partial charge is 0.321 e. The highest BCUT2D eigenvalue weighted by molar-refractivity contribution is 5.96. The second-order valence-corrected chi connectivity index (χ2v) is 4.34. The summed E-state index contributed by atoms with van der Waals surface area (Å²) in [5.74, 6) is -0.182. The van der Waals surface area contributed by atoms with Crippen LogP contribution in [0.1, 0.15) is 18.9 Å². The Balaban J connectivity index is 1.98. The summed E-state index contributed by atoms with van der Waals surface area (Å²) in [6, 6.07) is 9.87. The topological polar surface area (TPSA) is 49.4 Å². The zero-order valence-electron chi connectivity index (χ0n) is 9.85. The maximum atomic E-state index is 11.6. The van der Waals surface area contributed by atoms with Gasteiger partial charge in [0, 0.05) is 19.0 Å². The first kappa shape index (κ1) is 11.6. The maximum Gasteiger partial charge on any atom is 0.324 e. The lowest BCUT2D eigenvalue weighted by Gasteiger charge is -2.32. The van der Waals surface area contributed by atoms with Gasteiger partial charge in [0.15, 0.2) is 0 Å². The van der Waals surface area contributed by atoms with Gasteiger partial charge in [0.05, 0.1) is 0 Å². The SMILES string of the molecule is CC(Cc1ccccc1)N1CCC(=O)NC1=O. The van der Waals surface area contributed by atoms with Crippen molar-refractivity contribution < 1.29 is 9.59 Å². The first-order valence-corrected chi connectivity index (χ1v) is 5.81. The van der Waals surface area contributed by atoms with Gasteiger partial charge >= 0.3 is 6.03 Å². The van der Waals surface area contributed by atoms with Crippen molar-refractivity contribution in [3.05, 3.63) is 35.9 Å². The Labute approximate surface area is 101 Å². The molecular formula is C13H16N2O2. The Morgan fingerprint density at radius 2 is 2.00 bits per heavy atom. The summed E-state index contributed by atoms with van der Waals surface area (Å²) in [7, 11) is 0. The molecule has 0 spiro atoms. The van der Waals surface area contributed by atoms with Gasteiger partial charge in [-0.1, -0.05) is 30.3 Å². The molecule has 4 heteroatoms. The molecule has 1 heterocycles. The van der Waals surface area contributed by atoms with Crippen LogP contribution in [0.2, 0.25) is 0 Å². The summed E-state index contributed by atoms with van der Waals surface area (Å²) in [5, 5.41) is 2.34. The molecule has 1 fully saturated rings. The summed E-state index contributed by atoms with van der Waals surface area (Å²) in [4.78, 5) is 24.4. The first-order valence-electron chi connectivity index (χ1n) is 5.81. The van der Waals surface area contributed by atoms with Gasteiger partial charge in [-0.15, -0.1) is 0 Å². The average molecular weight is 232 g/mol. The summed E-state index contributed by atoms with van der Waals surface area (Å²) in [6.07, 6.45) is 1.20. The third-order valence-electron chi connectivity index (χ3n) is 2.99. The van der Waals surface area contributed by atoms with E-state index >= 15 is 0 Å². The Hall–Kier alpha value is -1.84. The van der Waals surface area contributed by atoms with Gasteiger partial charge in [0.25, 0.3) is 0 Å². The molecular weight excluding hydrogens is 216 g/mol. The van der Waals surface area contributed by atoms with Crippen molar-refractivity contribution in [1.82, 2.24) is 10.2 Å². The van der Waals surface area contributed by atoms with E-state index < -0.39 is 0 Å². The fraction of sp³-hybridized carbons (Fsp3) is 0.385. The average Bonchev–Trinajstić information content (AvgIpc) is 2.30. The van der Waals surface area contributed by atoms with Crippen molar-refractivity contribution in [3.8, 4) is 0 Å². The second kappa shape index (κ2) is 4.99. The molecule has 0 aliphatic carbocycles. The quantitative estimate of drug-likeness (QED) is 0.859. The minimum atomic E-state index is -0.273. The standard InChI is InChI=1S/C13H16N2O2/c1-10(9-11-5-3-2-4-6-11)15-8-7-12(16)14-13(15)17/h2-6,10H,7-9H2,1H3,(H,14,16,17). The molecule has 1 aliphatic rings. The molecule has 0 aromatic heterocycles. The van der Waals surface area contributed by atoms with Crippen LogP contribution < -0.4 is 5.32 Å². The summed E-state index contributed by atoms with van der Waals surface area (Å²) >= 11 is 0. The van der Waals surface area contributed by atoms with E-state index in [1.165, 1.54) is 5.56 Å². The number of carbonyl (C=O) groups is 2. The number of amides is 3. The molecule has 1 atom stereocenters. The Morgan fingerprint density at radius 3 is 2.65 bits per heavy atom. The van der Waals surface area contributed by atoms with Gasteiger partial charge in [-0.05, 0) is 18.9 Å². The largest absolute Gasteiger partial charge is 0.324 e. The van der Waals surface area contributed by atoms with Gasteiger partial charge in [-0.3, -0.25) is 10.1 Å². The molecule has 1 unspecified atom stereocenters. The predicted molar refractivity (Wildman–Crippen MR) is 64.5 cm³/mol. The van der Waals surface area contributed by atoms with E-state index in [2.05, 4.69) is 5.32 Å². The molecule has 1 N–H and O–H groups in total. The van der Waals surface area contributed by atoms with E-state index in [-0.39, 0.29) is 18.0 Å². The fourth-order valence-corrected chi connectivity index (χ4v) is 2.06. The molecule has 2 rings (SSSR count). The minimum Gasteiger partial charge on any atom is -0.321 e. The highest BCUT2D eigenvalue weighted by Gasteiger charge is 2.26.